The van der Waals surface area contributed by atoms with Crippen LogP contribution in [0.1, 0.15) is 22.6 Å². The zero-order valence-electron chi connectivity index (χ0n) is 10.9. The fourth-order valence-electron chi connectivity index (χ4n) is 2.91. The van der Waals surface area contributed by atoms with Crippen molar-refractivity contribution in [3.05, 3.63) is 69.4 Å². The molecule has 0 spiro atoms. The van der Waals surface area contributed by atoms with E-state index in [1.807, 2.05) is 18.2 Å². The van der Waals surface area contributed by atoms with Crippen LogP contribution in [-0.4, -0.2) is 6.04 Å². The van der Waals surface area contributed by atoms with E-state index in [2.05, 4.69) is 33.5 Å². The van der Waals surface area contributed by atoms with Crippen molar-refractivity contribution in [1.29, 1.82) is 0 Å². The van der Waals surface area contributed by atoms with Gasteiger partial charge >= 0.3 is 0 Å². The highest BCUT2D eigenvalue weighted by atomic mass is 79.9. The molecule has 0 aliphatic heterocycles. The van der Waals surface area contributed by atoms with E-state index in [-0.39, 0.29) is 11.9 Å². The van der Waals surface area contributed by atoms with Crippen LogP contribution in [0.15, 0.2) is 46.9 Å². The quantitative estimate of drug-likeness (QED) is 0.665. The Kier molecular flexibility index (Phi) is 3.87. The van der Waals surface area contributed by atoms with Crippen molar-refractivity contribution < 1.29 is 4.39 Å². The highest BCUT2D eigenvalue weighted by Gasteiger charge is 2.32. The van der Waals surface area contributed by atoms with E-state index in [1.54, 1.807) is 6.07 Å². The Bertz CT molecular complexity index is 630. The molecule has 3 rings (SSSR count). The number of nitrogens with one attached hydrogen (secondary N) is 1. The van der Waals surface area contributed by atoms with Crippen LogP contribution in [0.4, 0.5) is 4.39 Å². The van der Waals surface area contributed by atoms with E-state index in [9.17, 15) is 4.39 Å². The molecule has 0 radical (unpaired) electrons. The van der Waals surface area contributed by atoms with E-state index in [4.69, 9.17) is 5.84 Å². The maximum Gasteiger partial charge on any atom is 0.126 e. The number of hydrogen-bond donors (Lipinski definition) is 2. The Labute approximate surface area is 126 Å². The largest absolute Gasteiger partial charge is 0.271 e. The summed E-state index contributed by atoms with van der Waals surface area (Å²) in [6.45, 7) is 0. The minimum Gasteiger partial charge on any atom is -0.271 e. The zero-order valence-corrected chi connectivity index (χ0v) is 12.5. The second-order valence-corrected chi connectivity index (χ2v) is 6.14. The van der Waals surface area contributed by atoms with E-state index in [0.717, 1.165) is 10.9 Å². The molecule has 0 fully saturated rings. The fraction of sp³-hybridized carbons (Fsp3) is 0.250. The molecule has 1 aliphatic rings. The molecule has 20 heavy (non-hydrogen) atoms. The molecule has 0 heterocycles. The molecule has 104 valence electrons. The van der Waals surface area contributed by atoms with Gasteiger partial charge in [-0.3, -0.25) is 11.3 Å². The summed E-state index contributed by atoms with van der Waals surface area (Å²) in [7, 11) is 0. The van der Waals surface area contributed by atoms with Crippen LogP contribution in [0, 0.1) is 5.82 Å². The third-order valence-electron chi connectivity index (χ3n) is 4.04. The molecule has 0 amide bonds. The Morgan fingerprint density at radius 2 is 2.10 bits per heavy atom. The van der Waals surface area contributed by atoms with Crippen molar-refractivity contribution >= 4 is 15.9 Å². The van der Waals surface area contributed by atoms with Gasteiger partial charge in [0, 0.05) is 16.4 Å². The third kappa shape index (κ3) is 2.51. The molecule has 0 bridgehead atoms. The van der Waals surface area contributed by atoms with Crippen molar-refractivity contribution in [2.75, 3.05) is 0 Å². The van der Waals surface area contributed by atoms with Crippen LogP contribution in [0.5, 0.6) is 0 Å². The number of hydrogen-bond acceptors (Lipinski definition) is 2. The first-order chi connectivity index (χ1) is 9.69. The molecule has 0 saturated heterocycles. The minimum absolute atomic E-state index is 0.0497. The molecule has 1 aliphatic carbocycles. The Morgan fingerprint density at radius 1 is 1.30 bits per heavy atom. The number of hydrazine groups is 1. The number of benzene rings is 2. The molecule has 0 saturated carbocycles. The topological polar surface area (TPSA) is 38.0 Å². The van der Waals surface area contributed by atoms with Crippen molar-refractivity contribution in [1.82, 2.24) is 5.43 Å². The van der Waals surface area contributed by atoms with Gasteiger partial charge in [-0.05, 0) is 47.7 Å². The van der Waals surface area contributed by atoms with Gasteiger partial charge in [0.05, 0.1) is 0 Å². The molecule has 2 aromatic rings. The first kappa shape index (κ1) is 13.7. The van der Waals surface area contributed by atoms with Gasteiger partial charge in [0.1, 0.15) is 5.82 Å². The second kappa shape index (κ2) is 5.64. The van der Waals surface area contributed by atoms with E-state index in [0.29, 0.717) is 17.9 Å². The maximum absolute atomic E-state index is 13.9. The van der Waals surface area contributed by atoms with Gasteiger partial charge < -0.3 is 0 Å². The molecule has 3 N–H and O–H groups in total. The molecule has 2 atom stereocenters. The number of nitrogens with two attached hydrogens (primary N) is 1. The lowest BCUT2D eigenvalue weighted by molar-refractivity contribution is 0.399. The van der Waals surface area contributed by atoms with Crippen molar-refractivity contribution in [3.8, 4) is 0 Å². The molecule has 0 aromatic heterocycles. The smallest absolute Gasteiger partial charge is 0.126 e. The molecule has 2 aromatic carbocycles. The summed E-state index contributed by atoms with van der Waals surface area (Å²) < 4.78 is 14.7. The highest BCUT2D eigenvalue weighted by molar-refractivity contribution is 9.10. The summed E-state index contributed by atoms with van der Waals surface area (Å²) in [5.41, 5.74) is 6.24. The Hall–Kier alpha value is -1.23. The van der Waals surface area contributed by atoms with Gasteiger partial charge in [0.2, 0.25) is 0 Å². The molecular formula is C16H16BrFN2. The zero-order chi connectivity index (χ0) is 14.1. The normalized spacial score (nSPS) is 18.2. The second-order valence-electron chi connectivity index (χ2n) is 5.22. The first-order valence-electron chi connectivity index (χ1n) is 6.67. The van der Waals surface area contributed by atoms with Crippen LogP contribution in [0.2, 0.25) is 0 Å². The third-order valence-corrected chi connectivity index (χ3v) is 4.54. The lowest BCUT2D eigenvalue weighted by Crippen LogP contribution is -2.45. The van der Waals surface area contributed by atoms with Crippen molar-refractivity contribution in [2.45, 2.75) is 24.8 Å². The molecule has 4 heteroatoms. The molecule has 2 unspecified atom stereocenters. The van der Waals surface area contributed by atoms with Gasteiger partial charge in [-0.1, -0.05) is 40.2 Å². The first-order valence-corrected chi connectivity index (χ1v) is 7.46. The lowest BCUT2D eigenvalue weighted by Gasteiger charge is -2.36. The fourth-order valence-corrected chi connectivity index (χ4v) is 3.32. The number of fused-ring (bicyclic) bond motifs is 1. The maximum atomic E-state index is 13.9. The summed E-state index contributed by atoms with van der Waals surface area (Å²) in [6.07, 6.45) is 1.58. The molecular weight excluding hydrogens is 319 g/mol. The van der Waals surface area contributed by atoms with Gasteiger partial charge in [0.15, 0.2) is 0 Å². The van der Waals surface area contributed by atoms with Crippen LogP contribution >= 0.6 is 15.9 Å². The van der Waals surface area contributed by atoms with E-state index < -0.39 is 0 Å². The number of rotatable bonds is 4. The van der Waals surface area contributed by atoms with Crippen LogP contribution in [0.25, 0.3) is 0 Å². The van der Waals surface area contributed by atoms with Crippen molar-refractivity contribution in [2.24, 2.45) is 5.84 Å². The van der Waals surface area contributed by atoms with Gasteiger partial charge in [-0.2, -0.15) is 0 Å². The van der Waals surface area contributed by atoms with Crippen molar-refractivity contribution in [3.63, 3.8) is 0 Å². The van der Waals surface area contributed by atoms with Gasteiger partial charge in [-0.25, -0.2) is 4.39 Å². The number of halogens is 2. The van der Waals surface area contributed by atoms with Crippen LogP contribution in [-0.2, 0) is 12.8 Å². The van der Waals surface area contributed by atoms with Gasteiger partial charge in [-0.15, -0.1) is 0 Å². The van der Waals surface area contributed by atoms with Crippen LogP contribution in [0.3, 0.4) is 0 Å². The predicted octanol–water partition coefficient (Wildman–Crippen LogP) is 3.30. The Morgan fingerprint density at radius 3 is 2.85 bits per heavy atom. The monoisotopic (exact) mass is 334 g/mol. The van der Waals surface area contributed by atoms with Gasteiger partial charge in [0.25, 0.3) is 0 Å². The SMILES string of the molecule is NNC(Cc1cc(Br)ccc1F)C1Cc2ccccc21. The summed E-state index contributed by atoms with van der Waals surface area (Å²) in [6, 6.07) is 13.4. The average Bonchev–Trinajstić information content (AvgIpc) is 2.43. The van der Waals surface area contributed by atoms with Crippen LogP contribution < -0.4 is 11.3 Å². The standard InChI is InChI=1S/C16H16BrFN2/c17-12-5-6-15(18)11(7-12)9-16(20-19)14-8-10-3-1-2-4-13(10)14/h1-7,14,16,20H,8-9,19H2. The molecule has 2 nitrogen and oxygen atoms in total. The highest BCUT2D eigenvalue weighted by Crippen LogP contribution is 2.38. The summed E-state index contributed by atoms with van der Waals surface area (Å²) in [4.78, 5) is 0. The minimum atomic E-state index is -0.180. The Balaban J connectivity index is 1.81. The van der Waals surface area contributed by atoms with E-state index in [1.165, 1.54) is 17.2 Å². The summed E-state index contributed by atoms with van der Waals surface area (Å²) in [5.74, 6) is 5.87. The summed E-state index contributed by atoms with van der Waals surface area (Å²) in [5, 5.41) is 0. The van der Waals surface area contributed by atoms with E-state index >= 15 is 0 Å². The lowest BCUT2D eigenvalue weighted by atomic mass is 9.72. The average molecular weight is 335 g/mol. The predicted molar refractivity (Wildman–Crippen MR) is 81.8 cm³/mol. The summed E-state index contributed by atoms with van der Waals surface area (Å²) >= 11 is 3.38.